The smallest absolute Gasteiger partial charge is 0.342 e. The molecule has 0 rings (SSSR count). The Kier molecular flexibility index (Phi) is 4.57. The Bertz CT molecular complexity index is 243. The van der Waals surface area contributed by atoms with Gasteiger partial charge >= 0.3 is 5.97 Å². The van der Waals surface area contributed by atoms with Gasteiger partial charge in [0.1, 0.15) is 0 Å². The lowest BCUT2D eigenvalue weighted by Crippen LogP contribution is -2.39. The fourth-order valence-electron chi connectivity index (χ4n) is 1.00. The first-order chi connectivity index (χ1) is 6.31. The molecule has 0 amide bonds. The molecule has 80 valence electrons. The van der Waals surface area contributed by atoms with Crippen molar-refractivity contribution < 1.29 is 14.6 Å². The maximum Gasteiger partial charge on any atom is 0.342 e. The van der Waals surface area contributed by atoms with Gasteiger partial charge in [0.25, 0.3) is 0 Å². The van der Waals surface area contributed by atoms with Gasteiger partial charge in [-0.2, -0.15) is 0 Å². The van der Waals surface area contributed by atoms with Gasteiger partial charge in [0, 0.05) is 6.42 Å². The van der Waals surface area contributed by atoms with E-state index in [1.165, 1.54) is 6.08 Å². The summed E-state index contributed by atoms with van der Waals surface area (Å²) in [5.74, 6) is -0.675. The minimum atomic E-state index is -1.64. The molecule has 0 aliphatic heterocycles. The number of hydrogen-bond donors (Lipinski definition) is 1. The maximum absolute atomic E-state index is 11.5. The highest BCUT2D eigenvalue weighted by Gasteiger charge is 2.34. The lowest BCUT2D eigenvalue weighted by molar-refractivity contribution is -0.164. The average Bonchev–Trinajstić information content (AvgIpc) is 2.01. The Morgan fingerprint density at radius 3 is 2.43 bits per heavy atom. The molecule has 0 aromatic heterocycles. The molecule has 0 aliphatic carbocycles. The fourth-order valence-corrected chi connectivity index (χ4v) is 1.00. The second-order valence-electron chi connectivity index (χ2n) is 3.72. The molecular weight excluding hydrogens is 180 g/mol. The van der Waals surface area contributed by atoms with Gasteiger partial charge in [0.2, 0.25) is 0 Å². The third-order valence-electron chi connectivity index (χ3n) is 1.61. The van der Waals surface area contributed by atoms with Crippen LogP contribution in [0.3, 0.4) is 0 Å². The zero-order valence-corrected chi connectivity index (χ0v) is 9.04. The standard InChI is InChI=1S/C11H18O3/c1-6-11(13,7-8(2)3)10(12)14-9(4)5/h6,9,13H,1-2,7H2,3-5H3/t11-/m0/s1. The Labute approximate surface area is 85.1 Å². The molecule has 1 N–H and O–H groups in total. The number of ether oxygens (including phenoxy) is 1. The molecule has 0 radical (unpaired) electrons. The van der Waals surface area contributed by atoms with Crippen LogP contribution in [0.25, 0.3) is 0 Å². The zero-order valence-electron chi connectivity index (χ0n) is 9.04. The Balaban J connectivity index is 4.59. The first kappa shape index (κ1) is 12.9. The Hall–Kier alpha value is -1.09. The molecule has 14 heavy (non-hydrogen) atoms. The Morgan fingerprint density at radius 1 is 1.64 bits per heavy atom. The van der Waals surface area contributed by atoms with Crippen LogP contribution in [-0.4, -0.2) is 22.8 Å². The van der Waals surface area contributed by atoms with Crippen molar-refractivity contribution in [2.24, 2.45) is 0 Å². The van der Waals surface area contributed by atoms with E-state index in [1.807, 2.05) is 0 Å². The van der Waals surface area contributed by atoms with E-state index in [0.717, 1.165) is 0 Å². The van der Waals surface area contributed by atoms with Crippen LogP contribution in [0.4, 0.5) is 0 Å². The first-order valence-electron chi connectivity index (χ1n) is 4.53. The van der Waals surface area contributed by atoms with Crippen LogP contribution in [0.15, 0.2) is 24.8 Å². The van der Waals surface area contributed by atoms with Crippen LogP contribution >= 0.6 is 0 Å². The fraction of sp³-hybridized carbons (Fsp3) is 0.545. The molecule has 0 aliphatic rings. The van der Waals surface area contributed by atoms with Gasteiger partial charge in [-0.1, -0.05) is 12.2 Å². The predicted octanol–water partition coefficient (Wildman–Crippen LogP) is 1.82. The number of hydrogen-bond acceptors (Lipinski definition) is 3. The van der Waals surface area contributed by atoms with E-state index in [9.17, 15) is 9.90 Å². The summed E-state index contributed by atoms with van der Waals surface area (Å²) in [7, 11) is 0. The lowest BCUT2D eigenvalue weighted by Gasteiger charge is -2.23. The molecule has 0 heterocycles. The van der Waals surface area contributed by atoms with Crippen LogP contribution in [-0.2, 0) is 9.53 Å². The number of carbonyl (C=O) groups is 1. The summed E-state index contributed by atoms with van der Waals surface area (Å²) in [4.78, 5) is 11.5. The van der Waals surface area contributed by atoms with Crippen LogP contribution in [0, 0.1) is 0 Å². The normalized spacial score (nSPS) is 14.6. The van der Waals surface area contributed by atoms with Gasteiger partial charge in [-0.15, -0.1) is 6.58 Å². The van der Waals surface area contributed by atoms with Gasteiger partial charge in [-0.25, -0.2) is 4.79 Å². The van der Waals surface area contributed by atoms with Gasteiger partial charge < -0.3 is 9.84 Å². The highest BCUT2D eigenvalue weighted by atomic mass is 16.6. The molecule has 1 atom stereocenters. The van der Waals surface area contributed by atoms with E-state index in [4.69, 9.17) is 4.74 Å². The molecule has 0 saturated carbocycles. The molecule has 0 unspecified atom stereocenters. The van der Waals surface area contributed by atoms with Crippen molar-refractivity contribution in [3.05, 3.63) is 24.8 Å². The summed E-state index contributed by atoms with van der Waals surface area (Å²) in [6, 6.07) is 0. The van der Waals surface area contributed by atoms with E-state index in [0.29, 0.717) is 5.57 Å². The molecule has 0 bridgehead atoms. The average molecular weight is 198 g/mol. The highest BCUT2D eigenvalue weighted by Crippen LogP contribution is 2.19. The van der Waals surface area contributed by atoms with E-state index in [2.05, 4.69) is 13.2 Å². The van der Waals surface area contributed by atoms with Gasteiger partial charge in [0.15, 0.2) is 5.60 Å². The third-order valence-corrected chi connectivity index (χ3v) is 1.61. The summed E-state index contributed by atoms with van der Waals surface area (Å²) in [5, 5.41) is 9.85. The second-order valence-corrected chi connectivity index (χ2v) is 3.72. The zero-order chi connectivity index (χ0) is 11.4. The van der Waals surface area contributed by atoms with Crippen molar-refractivity contribution >= 4 is 5.97 Å². The molecule has 0 spiro atoms. The summed E-state index contributed by atoms with van der Waals surface area (Å²) in [6.45, 7) is 12.2. The SMILES string of the molecule is C=C[C@](O)(CC(=C)C)C(=O)OC(C)C. The van der Waals surface area contributed by atoms with E-state index in [-0.39, 0.29) is 12.5 Å². The molecule has 0 fully saturated rings. The number of aliphatic hydroxyl groups is 1. The van der Waals surface area contributed by atoms with Crippen molar-refractivity contribution in [1.82, 2.24) is 0 Å². The largest absolute Gasteiger partial charge is 0.461 e. The number of carbonyl (C=O) groups excluding carboxylic acids is 1. The van der Waals surface area contributed by atoms with Gasteiger partial charge in [0.05, 0.1) is 6.10 Å². The second kappa shape index (κ2) is 4.96. The predicted molar refractivity (Wildman–Crippen MR) is 55.8 cm³/mol. The summed E-state index contributed by atoms with van der Waals surface area (Å²) in [5.41, 5.74) is -0.941. The minimum Gasteiger partial charge on any atom is -0.461 e. The molecular formula is C11H18O3. The van der Waals surface area contributed by atoms with Crippen molar-refractivity contribution in [2.45, 2.75) is 38.9 Å². The van der Waals surface area contributed by atoms with Crippen molar-refractivity contribution in [3.63, 3.8) is 0 Å². The third kappa shape index (κ3) is 3.75. The molecule has 3 heteroatoms. The van der Waals surface area contributed by atoms with Crippen LogP contribution in [0.2, 0.25) is 0 Å². The topological polar surface area (TPSA) is 46.5 Å². The van der Waals surface area contributed by atoms with Crippen LogP contribution < -0.4 is 0 Å². The summed E-state index contributed by atoms with van der Waals surface area (Å²) >= 11 is 0. The molecule has 0 aromatic rings. The van der Waals surface area contributed by atoms with Crippen molar-refractivity contribution in [3.8, 4) is 0 Å². The molecule has 3 nitrogen and oxygen atoms in total. The Morgan fingerprint density at radius 2 is 2.14 bits per heavy atom. The van der Waals surface area contributed by atoms with E-state index in [1.54, 1.807) is 20.8 Å². The quantitative estimate of drug-likeness (QED) is 0.541. The highest BCUT2D eigenvalue weighted by molar-refractivity contribution is 5.82. The molecule has 0 saturated heterocycles. The summed E-state index contributed by atoms with van der Waals surface area (Å²) in [6.07, 6.45) is 1.08. The number of esters is 1. The van der Waals surface area contributed by atoms with Crippen molar-refractivity contribution in [2.75, 3.05) is 0 Å². The minimum absolute atomic E-state index is 0.141. The number of rotatable bonds is 5. The van der Waals surface area contributed by atoms with Crippen molar-refractivity contribution in [1.29, 1.82) is 0 Å². The lowest BCUT2D eigenvalue weighted by atomic mass is 9.96. The maximum atomic E-state index is 11.5. The summed E-state index contributed by atoms with van der Waals surface area (Å²) < 4.78 is 4.91. The van der Waals surface area contributed by atoms with Gasteiger partial charge in [-0.3, -0.25) is 0 Å². The molecule has 0 aromatic carbocycles. The van der Waals surface area contributed by atoms with Gasteiger partial charge in [-0.05, 0) is 26.8 Å². The van der Waals surface area contributed by atoms with Crippen LogP contribution in [0.1, 0.15) is 27.2 Å². The first-order valence-corrected chi connectivity index (χ1v) is 4.53. The van der Waals surface area contributed by atoms with E-state index >= 15 is 0 Å². The van der Waals surface area contributed by atoms with Crippen LogP contribution in [0.5, 0.6) is 0 Å². The monoisotopic (exact) mass is 198 g/mol. The van der Waals surface area contributed by atoms with E-state index < -0.39 is 11.6 Å².